The van der Waals surface area contributed by atoms with Crippen LogP contribution in [-0.2, 0) is 14.8 Å². The summed E-state index contributed by atoms with van der Waals surface area (Å²) in [5, 5.41) is 9.05. The lowest BCUT2D eigenvalue weighted by Gasteiger charge is -2.13. The van der Waals surface area contributed by atoms with E-state index in [9.17, 15) is 13.2 Å². The average Bonchev–Trinajstić information content (AvgIpc) is 2.56. The number of hydrogen-bond donors (Lipinski definition) is 5. The van der Waals surface area contributed by atoms with Gasteiger partial charge in [-0.15, -0.1) is 17.0 Å². The zero-order valence-electron chi connectivity index (χ0n) is 14.5. The van der Waals surface area contributed by atoms with Crippen molar-refractivity contribution in [3.63, 3.8) is 0 Å². The van der Waals surface area contributed by atoms with Gasteiger partial charge in [-0.2, -0.15) is 0 Å². The van der Waals surface area contributed by atoms with Crippen LogP contribution in [0, 0.1) is 0 Å². The number of amides is 1. The number of carbonyl (C=O) groups excluding carboxylic acids is 1. The smallest absolute Gasteiger partial charge is 0.241 e. The zero-order valence-corrected chi connectivity index (χ0v) is 17.0. The molecule has 1 atom stereocenters. The minimum atomic E-state index is -3.83. The maximum atomic E-state index is 12.2. The van der Waals surface area contributed by atoms with Gasteiger partial charge < -0.3 is 22.5 Å². The van der Waals surface area contributed by atoms with E-state index in [0.717, 1.165) is 0 Å². The van der Waals surface area contributed by atoms with Crippen molar-refractivity contribution in [3.05, 3.63) is 36.4 Å². The Bertz CT molecular complexity index is 944. The number of hydrogen-bond acceptors (Lipinski definition) is 5. The third-order valence-corrected chi connectivity index (χ3v) is 4.69. The van der Waals surface area contributed by atoms with E-state index in [-0.39, 0.29) is 33.7 Å². The SMILES string of the molecule is Br.NC(N)=NCCC[C@@H](N)C(=O)Nc1ccc2c(S(N)(=O)=O)cccc2c1. The lowest BCUT2D eigenvalue weighted by atomic mass is 10.1. The first-order valence-corrected chi connectivity index (χ1v) is 9.40. The molecule has 9 N–H and O–H groups in total. The predicted molar refractivity (Wildman–Crippen MR) is 112 cm³/mol. The number of rotatable bonds is 7. The molecule has 0 heterocycles. The molecule has 0 aromatic heterocycles. The number of primary sulfonamides is 1. The van der Waals surface area contributed by atoms with Gasteiger partial charge in [0.05, 0.1) is 10.9 Å². The Kier molecular flexibility index (Phi) is 8.16. The van der Waals surface area contributed by atoms with Crippen molar-refractivity contribution in [2.75, 3.05) is 11.9 Å². The first-order chi connectivity index (χ1) is 12.2. The molecule has 0 aliphatic rings. The summed E-state index contributed by atoms with van der Waals surface area (Å²) in [5.41, 5.74) is 16.8. The van der Waals surface area contributed by atoms with Crippen molar-refractivity contribution in [2.45, 2.75) is 23.8 Å². The van der Waals surface area contributed by atoms with Gasteiger partial charge in [0.25, 0.3) is 0 Å². The molecule has 2 aromatic rings. The van der Waals surface area contributed by atoms with Crippen LogP contribution in [0.25, 0.3) is 10.8 Å². The minimum absolute atomic E-state index is 0. The number of nitrogens with one attached hydrogen (secondary N) is 1. The quantitative estimate of drug-likeness (QED) is 0.227. The summed E-state index contributed by atoms with van der Waals surface area (Å²) in [5.74, 6) is -0.352. The highest BCUT2D eigenvalue weighted by Gasteiger charge is 2.15. The van der Waals surface area contributed by atoms with Gasteiger partial charge in [0, 0.05) is 17.6 Å². The standard InChI is InChI=1S/C16H22N6O3S.BrH/c17-13(4-2-8-21-16(18)19)15(23)22-11-6-7-12-10(9-11)3-1-5-14(12)26(20,24)25;/h1,3,5-7,9,13H,2,4,8,17H2,(H,22,23)(H4,18,19,21)(H2,20,24,25);1H/t13-;/m1./s1. The van der Waals surface area contributed by atoms with Crippen molar-refractivity contribution in [1.82, 2.24) is 0 Å². The number of halogens is 1. The van der Waals surface area contributed by atoms with Gasteiger partial charge in [-0.3, -0.25) is 9.79 Å². The van der Waals surface area contributed by atoms with Crippen LogP contribution in [0.3, 0.4) is 0 Å². The van der Waals surface area contributed by atoms with E-state index in [1.807, 2.05) is 0 Å². The Morgan fingerprint density at radius 1 is 1.19 bits per heavy atom. The van der Waals surface area contributed by atoms with Gasteiger partial charge in [-0.25, -0.2) is 13.6 Å². The minimum Gasteiger partial charge on any atom is -0.370 e. The van der Waals surface area contributed by atoms with Crippen molar-refractivity contribution in [3.8, 4) is 0 Å². The molecular weight excluding hydrogens is 436 g/mol. The van der Waals surface area contributed by atoms with Crippen LogP contribution in [0.15, 0.2) is 46.3 Å². The maximum Gasteiger partial charge on any atom is 0.241 e. The Balaban J connectivity index is 0.00000364. The molecular formula is C16H23BrN6O3S. The number of anilines is 1. The summed E-state index contributed by atoms with van der Waals surface area (Å²) in [6, 6.07) is 8.89. The summed E-state index contributed by atoms with van der Waals surface area (Å²) in [4.78, 5) is 16.0. The van der Waals surface area contributed by atoms with E-state index in [2.05, 4.69) is 10.3 Å². The number of guanidine groups is 1. The fraction of sp³-hybridized carbons (Fsp3) is 0.250. The fourth-order valence-electron chi connectivity index (χ4n) is 2.47. The molecule has 0 fully saturated rings. The van der Waals surface area contributed by atoms with Crippen LogP contribution in [0.2, 0.25) is 0 Å². The third kappa shape index (κ3) is 6.47. The van der Waals surface area contributed by atoms with E-state index >= 15 is 0 Å². The van der Waals surface area contributed by atoms with Crippen molar-refractivity contribution >= 4 is 55.3 Å². The second kappa shape index (κ2) is 9.65. The molecule has 0 radical (unpaired) electrons. The third-order valence-electron chi connectivity index (χ3n) is 3.72. The summed E-state index contributed by atoms with van der Waals surface area (Å²) in [6.07, 6.45) is 0.994. The normalized spacial score (nSPS) is 12.1. The lowest BCUT2D eigenvalue weighted by molar-refractivity contribution is -0.117. The summed E-state index contributed by atoms with van der Waals surface area (Å²) in [6.45, 7) is 0.398. The van der Waals surface area contributed by atoms with Gasteiger partial charge in [0.1, 0.15) is 0 Å². The van der Waals surface area contributed by atoms with E-state index < -0.39 is 16.1 Å². The highest BCUT2D eigenvalue weighted by molar-refractivity contribution is 8.93. The second-order valence-corrected chi connectivity index (χ2v) is 7.31. The number of nitrogens with zero attached hydrogens (tertiary/aromatic N) is 1. The van der Waals surface area contributed by atoms with E-state index in [0.29, 0.717) is 35.8 Å². The largest absolute Gasteiger partial charge is 0.370 e. The van der Waals surface area contributed by atoms with E-state index in [1.54, 1.807) is 30.3 Å². The Morgan fingerprint density at radius 3 is 2.52 bits per heavy atom. The van der Waals surface area contributed by atoms with Crippen molar-refractivity contribution in [2.24, 2.45) is 27.3 Å². The Hall–Kier alpha value is -2.21. The number of sulfonamides is 1. The summed E-state index contributed by atoms with van der Waals surface area (Å²) < 4.78 is 23.3. The summed E-state index contributed by atoms with van der Waals surface area (Å²) >= 11 is 0. The molecule has 0 saturated heterocycles. The van der Waals surface area contributed by atoms with E-state index in [1.165, 1.54) is 6.07 Å². The molecule has 2 rings (SSSR count). The number of fused-ring (bicyclic) bond motifs is 1. The van der Waals surface area contributed by atoms with Gasteiger partial charge in [-0.1, -0.05) is 18.2 Å². The van der Waals surface area contributed by atoms with Crippen LogP contribution < -0.4 is 27.7 Å². The maximum absolute atomic E-state index is 12.2. The molecule has 148 valence electrons. The zero-order chi connectivity index (χ0) is 19.3. The van der Waals surface area contributed by atoms with Gasteiger partial charge in [0.2, 0.25) is 15.9 Å². The van der Waals surface area contributed by atoms with E-state index in [4.69, 9.17) is 22.3 Å². The molecule has 0 spiro atoms. The van der Waals surface area contributed by atoms with Crippen molar-refractivity contribution in [1.29, 1.82) is 0 Å². The predicted octanol–water partition coefficient (Wildman–Crippen LogP) is 0.385. The molecule has 0 bridgehead atoms. The molecule has 0 aliphatic carbocycles. The monoisotopic (exact) mass is 458 g/mol. The number of benzene rings is 2. The van der Waals surface area contributed by atoms with Crippen molar-refractivity contribution < 1.29 is 13.2 Å². The Labute approximate surface area is 168 Å². The molecule has 2 aromatic carbocycles. The highest BCUT2D eigenvalue weighted by Crippen LogP contribution is 2.25. The van der Waals surface area contributed by atoms with Crippen LogP contribution in [0.1, 0.15) is 12.8 Å². The number of aliphatic imine (C=N–C) groups is 1. The first kappa shape index (κ1) is 22.8. The molecule has 0 aliphatic heterocycles. The number of carbonyl (C=O) groups is 1. The molecule has 0 unspecified atom stereocenters. The molecule has 0 saturated carbocycles. The van der Waals surface area contributed by atoms with Gasteiger partial charge in [0.15, 0.2) is 5.96 Å². The molecule has 9 nitrogen and oxygen atoms in total. The highest BCUT2D eigenvalue weighted by atomic mass is 79.9. The first-order valence-electron chi connectivity index (χ1n) is 7.86. The lowest BCUT2D eigenvalue weighted by Crippen LogP contribution is -2.35. The average molecular weight is 459 g/mol. The van der Waals surface area contributed by atoms with Crippen LogP contribution in [0.5, 0.6) is 0 Å². The number of nitrogens with two attached hydrogens (primary N) is 4. The summed E-state index contributed by atoms with van der Waals surface area (Å²) in [7, 11) is -3.83. The topological polar surface area (TPSA) is 180 Å². The van der Waals surface area contributed by atoms with Crippen LogP contribution in [-0.4, -0.2) is 32.9 Å². The fourth-order valence-corrected chi connectivity index (χ4v) is 3.23. The van der Waals surface area contributed by atoms with Gasteiger partial charge in [-0.05, 0) is 36.4 Å². The molecule has 27 heavy (non-hydrogen) atoms. The van der Waals surface area contributed by atoms with Gasteiger partial charge >= 0.3 is 0 Å². The second-order valence-electron chi connectivity index (χ2n) is 5.78. The Morgan fingerprint density at radius 2 is 1.89 bits per heavy atom. The van der Waals surface area contributed by atoms with Crippen LogP contribution in [0.4, 0.5) is 5.69 Å². The molecule has 11 heteroatoms. The molecule has 1 amide bonds. The van der Waals surface area contributed by atoms with Crippen LogP contribution >= 0.6 is 17.0 Å².